The van der Waals surface area contributed by atoms with E-state index in [0.29, 0.717) is 11.4 Å². The van der Waals surface area contributed by atoms with E-state index >= 15 is 0 Å². The van der Waals surface area contributed by atoms with Crippen LogP contribution in [0.25, 0.3) is 0 Å². The summed E-state index contributed by atoms with van der Waals surface area (Å²) in [6.07, 6.45) is -5.69. The number of para-hydroxylation sites is 4. The molecular formula is C19H17F3N2O4. The van der Waals surface area contributed by atoms with Crippen LogP contribution in [0.15, 0.2) is 48.5 Å². The number of rotatable bonds is 5. The van der Waals surface area contributed by atoms with Crippen molar-refractivity contribution in [3.8, 4) is 11.5 Å². The van der Waals surface area contributed by atoms with Gasteiger partial charge in [-0.3, -0.25) is 9.59 Å². The summed E-state index contributed by atoms with van der Waals surface area (Å²) in [4.78, 5) is 26.1. The predicted molar refractivity (Wildman–Crippen MR) is 95.3 cm³/mol. The molecule has 1 atom stereocenters. The number of halogens is 3. The summed E-state index contributed by atoms with van der Waals surface area (Å²) in [5, 5.41) is 2.39. The molecule has 1 N–H and O–H groups in total. The Kier molecular flexibility index (Phi) is 5.43. The zero-order valence-corrected chi connectivity index (χ0v) is 14.8. The molecule has 148 valence electrons. The van der Waals surface area contributed by atoms with E-state index in [-0.39, 0.29) is 24.6 Å². The normalized spacial score (nSPS) is 16.2. The van der Waals surface area contributed by atoms with E-state index < -0.39 is 24.1 Å². The Labute approximate surface area is 158 Å². The van der Waals surface area contributed by atoms with Gasteiger partial charge in [-0.05, 0) is 31.2 Å². The number of fused-ring (bicyclic) bond motifs is 1. The van der Waals surface area contributed by atoms with Crippen LogP contribution in [0.2, 0.25) is 0 Å². The van der Waals surface area contributed by atoms with Crippen molar-refractivity contribution in [3.05, 3.63) is 48.5 Å². The van der Waals surface area contributed by atoms with Gasteiger partial charge in [0.2, 0.25) is 5.91 Å². The second kappa shape index (κ2) is 7.79. The van der Waals surface area contributed by atoms with Crippen LogP contribution in [-0.4, -0.2) is 30.8 Å². The van der Waals surface area contributed by atoms with E-state index in [4.69, 9.17) is 4.74 Å². The Morgan fingerprint density at radius 2 is 1.86 bits per heavy atom. The third kappa shape index (κ3) is 4.54. The third-order valence-electron chi connectivity index (χ3n) is 4.02. The van der Waals surface area contributed by atoms with E-state index in [2.05, 4.69) is 10.1 Å². The molecule has 0 saturated carbocycles. The smallest absolute Gasteiger partial charge is 0.479 e. The van der Waals surface area contributed by atoms with Crippen LogP contribution < -0.4 is 19.7 Å². The average molecular weight is 394 g/mol. The van der Waals surface area contributed by atoms with Crippen LogP contribution in [0.1, 0.15) is 13.3 Å². The molecule has 1 heterocycles. The van der Waals surface area contributed by atoms with Gasteiger partial charge in [0, 0.05) is 13.0 Å². The standard InChI is InChI=1S/C19H17F3N2O4/c1-12-18(26)24(14-7-3-5-9-16(14)27-12)11-10-17(25)23-13-6-2-4-8-15(13)28-19(20,21)22/h2-9,12H,10-11H2,1H3,(H,23,25). The first-order chi connectivity index (χ1) is 13.2. The van der Waals surface area contributed by atoms with Crippen molar-refractivity contribution in [2.75, 3.05) is 16.8 Å². The van der Waals surface area contributed by atoms with E-state index in [9.17, 15) is 22.8 Å². The molecule has 0 saturated heterocycles. The number of carbonyl (C=O) groups is 2. The summed E-state index contributed by atoms with van der Waals surface area (Å²) in [5.41, 5.74) is 0.436. The van der Waals surface area contributed by atoms with Gasteiger partial charge in [-0.25, -0.2) is 0 Å². The summed E-state index contributed by atoms with van der Waals surface area (Å²) in [6, 6.07) is 12.2. The van der Waals surface area contributed by atoms with Gasteiger partial charge in [0.25, 0.3) is 5.91 Å². The van der Waals surface area contributed by atoms with Crippen molar-refractivity contribution >= 4 is 23.2 Å². The number of carbonyl (C=O) groups excluding carboxylic acids is 2. The molecule has 0 spiro atoms. The summed E-state index contributed by atoms with van der Waals surface area (Å²) < 4.78 is 46.9. The molecule has 2 amide bonds. The number of nitrogens with zero attached hydrogens (tertiary/aromatic N) is 1. The van der Waals surface area contributed by atoms with Crippen LogP contribution in [0.4, 0.5) is 24.5 Å². The molecule has 0 radical (unpaired) electrons. The molecular weight excluding hydrogens is 377 g/mol. The molecule has 0 aromatic heterocycles. The average Bonchev–Trinajstić information content (AvgIpc) is 2.62. The van der Waals surface area contributed by atoms with Crippen molar-refractivity contribution < 1.29 is 32.2 Å². The first-order valence-corrected chi connectivity index (χ1v) is 8.46. The van der Waals surface area contributed by atoms with E-state index in [1.807, 2.05) is 0 Å². The van der Waals surface area contributed by atoms with E-state index in [1.165, 1.54) is 23.1 Å². The molecule has 2 aromatic rings. The fourth-order valence-electron chi connectivity index (χ4n) is 2.80. The lowest BCUT2D eigenvalue weighted by molar-refractivity contribution is -0.274. The Morgan fingerprint density at radius 3 is 2.61 bits per heavy atom. The van der Waals surface area contributed by atoms with Gasteiger partial charge in [0.1, 0.15) is 5.75 Å². The van der Waals surface area contributed by atoms with Crippen molar-refractivity contribution in [1.82, 2.24) is 0 Å². The van der Waals surface area contributed by atoms with Crippen LogP contribution in [0, 0.1) is 0 Å². The maximum Gasteiger partial charge on any atom is 0.573 e. The highest BCUT2D eigenvalue weighted by Crippen LogP contribution is 2.34. The van der Waals surface area contributed by atoms with E-state index in [0.717, 1.165) is 6.07 Å². The number of hydrogen-bond donors (Lipinski definition) is 1. The number of ether oxygens (including phenoxy) is 2. The number of benzene rings is 2. The second-order valence-electron chi connectivity index (χ2n) is 6.06. The Balaban J connectivity index is 1.68. The van der Waals surface area contributed by atoms with Crippen molar-refractivity contribution in [2.45, 2.75) is 25.8 Å². The highest BCUT2D eigenvalue weighted by atomic mass is 19.4. The molecule has 1 aliphatic rings. The lowest BCUT2D eigenvalue weighted by Gasteiger charge is -2.32. The fraction of sp³-hybridized carbons (Fsp3) is 0.263. The zero-order valence-electron chi connectivity index (χ0n) is 14.8. The van der Waals surface area contributed by atoms with Gasteiger partial charge < -0.3 is 19.7 Å². The van der Waals surface area contributed by atoms with Gasteiger partial charge in [0.15, 0.2) is 11.9 Å². The highest BCUT2D eigenvalue weighted by Gasteiger charge is 2.33. The minimum Gasteiger partial charge on any atom is -0.479 e. The minimum absolute atomic E-state index is 0.0532. The van der Waals surface area contributed by atoms with Gasteiger partial charge in [-0.2, -0.15) is 0 Å². The third-order valence-corrected chi connectivity index (χ3v) is 4.02. The van der Waals surface area contributed by atoms with Gasteiger partial charge in [0.05, 0.1) is 11.4 Å². The van der Waals surface area contributed by atoms with Crippen LogP contribution in [0.5, 0.6) is 11.5 Å². The van der Waals surface area contributed by atoms with Crippen LogP contribution in [-0.2, 0) is 9.59 Å². The monoisotopic (exact) mass is 394 g/mol. The number of nitrogens with one attached hydrogen (secondary N) is 1. The number of anilines is 2. The Hall–Kier alpha value is -3.23. The molecule has 0 bridgehead atoms. The number of alkyl halides is 3. The largest absolute Gasteiger partial charge is 0.573 e. The zero-order chi connectivity index (χ0) is 20.3. The quantitative estimate of drug-likeness (QED) is 0.839. The van der Waals surface area contributed by atoms with E-state index in [1.54, 1.807) is 31.2 Å². The molecule has 0 aliphatic carbocycles. The molecule has 0 fully saturated rings. The predicted octanol–water partition coefficient (Wildman–Crippen LogP) is 3.73. The summed E-state index contributed by atoms with van der Waals surface area (Å²) in [6.45, 7) is 1.66. The first kappa shape index (κ1) is 19.5. The lowest BCUT2D eigenvalue weighted by Crippen LogP contribution is -2.45. The number of hydrogen-bond acceptors (Lipinski definition) is 4. The topological polar surface area (TPSA) is 67.9 Å². The number of amides is 2. The minimum atomic E-state index is -4.87. The SMILES string of the molecule is CC1Oc2ccccc2N(CCC(=O)Nc2ccccc2OC(F)(F)F)C1=O. The van der Waals surface area contributed by atoms with Crippen molar-refractivity contribution in [1.29, 1.82) is 0 Å². The first-order valence-electron chi connectivity index (χ1n) is 8.46. The van der Waals surface area contributed by atoms with Crippen LogP contribution in [0.3, 0.4) is 0 Å². The van der Waals surface area contributed by atoms with Gasteiger partial charge in [-0.15, -0.1) is 13.2 Å². The highest BCUT2D eigenvalue weighted by molar-refractivity contribution is 6.01. The Bertz CT molecular complexity index is 885. The fourth-order valence-corrected chi connectivity index (χ4v) is 2.80. The molecule has 6 nitrogen and oxygen atoms in total. The second-order valence-corrected chi connectivity index (χ2v) is 6.06. The maximum atomic E-state index is 12.5. The molecule has 1 aliphatic heterocycles. The van der Waals surface area contributed by atoms with Crippen LogP contribution >= 0.6 is 0 Å². The molecule has 1 unspecified atom stereocenters. The molecule has 2 aromatic carbocycles. The van der Waals surface area contributed by atoms with Crippen molar-refractivity contribution in [2.24, 2.45) is 0 Å². The maximum absolute atomic E-state index is 12.5. The van der Waals surface area contributed by atoms with Crippen molar-refractivity contribution in [3.63, 3.8) is 0 Å². The summed E-state index contributed by atoms with van der Waals surface area (Å²) >= 11 is 0. The molecule has 28 heavy (non-hydrogen) atoms. The summed E-state index contributed by atoms with van der Waals surface area (Å²) in [7, 11) is 0. The summed E-state index contributed by atoms with van der Waals surface area (Å²) in [5.74, 6) is -0.835. The molecule has 9 heteroatoms. The molecule has 3 rings (SSSR count). The lowest BCUT2D eigenvalue weighted by atomic mass is 10.1. The Morgan fingerprint density at radius 1 is 1.18 bits per heavy atom. The van der Waals surface area contributed by atoms with Gasteiger partial charge in [-0.1, -0.05) is 24.3 Å². The van der Waals surface area contributed by atoms with Gasteiger partial charge >= 0.3 is 6.36 Å².